The molecular formula is C20H20N4O4S. The molecule has 8 nitrogen and oxygen atoms in total. The molecule has 9 heteroatoms. The summed E-state index contributed by atoms with van der Waals surface area (Å²) in [5.41, 5.74) is 1.58. The van der Waals surface area contributed by atoms with Crippen LogP contribution in [0.4, 0.5) is 0 Å². The van der Waals surface area contributed by atoms with E-state index in [1.165, 1.54) is 11.3 Å². The monoisotopic (exact) mass is 412 g/mol. The van der Waals surface area contributed by atoms with E-state index < -0.39 is 0 Å². The lowest BCUT2D eigenvalue weighted by atomic mass is 9.98. The molecule has 2 aliphatic heterocycles. The van der Waals surface area contributed by atoms with E-state index in [4.69, 9.17) is 13.9 Å². The zero-order chi connectivity index (χ0) is 20.0. The van der Waals surface area contributed by atoms with E-state index >= 15 is 0 Å². The first-order valence-corrected chi connectivity index (χ1v) is 10.4. The Labute approximate surface area is 171 Å². The van der Waals surface area contributed by atoms with Gasteiger partial charge in [-0.1, -0.05) is 0 Å². The van der Waals surface area contributed by atoms with Gasteiger partial charge < -0.3 is 18.8 Å². The van der Waals surface area contributed by atoms with Crippen LogP contribution in [0.5, 0.6) is 11.5 Å². The molecule has 150 valence electrons. The maximum absolute atomic E-state index is 12.9. The third kappa shape index (κ3) is 3.35. The topological polar surface area (TPSA) is 90.6 Å². The summed E-state index contributed by atoms with van der Waals surface area (Å²) in [7, 11) is 0. The first-order chi connectivity index (χ1) is 14.1. The van der Waals surface area contributed by atoms with Gasteiger partial charge in [0.2, 0.25) is 18.6 Å². The zero-order valence-electron chi connectivity index (χ0n) is 16.2. The molecule has 0 saturated carbocycles. The van der Waals surface area contributed by atoms with Crippen molar-refractivity contribution in [1.29, 1.82) is 0 Å². The largest absolute Gasteiger partial charge is 0.454 e. The molecule has 2 aliphatic rings. The third-order valence-corrected chi connectivity index (χ3v) is 6.28. The smallest absolute Gasteiger partial charge is 0.265 e. The predicted molar refractivity (Wildman–Crippen MR) is 105 cm³/mol. The van der Waals surface area contributed by atoms with Gasteiger partial charge >= 0.3 is 0 Å². The van der Waals surface area contributed by atoms with E-state index in [1.807, 2.05) is 36.9 Å². The second-order valence-corrected chi connectivity index (χ2v) is 8.45. The molecule has 0 aliphatic carbocycles. The first-order valence-electron chi connectivity index (χ1n) is 9.55. The number of benzene rings is 1. The molecule has 2 aromatic heterocycles. The Morgan fingerprint density at radius 3 is 2.90 bits per heavy atom. The number of aromatic nitrogens is 3. The van der Waals surface area contributed by atoms with Crippen LogP contribution in [-0.2, 0) is 0 Å². The quantitative estimate of drug-likeness (QED) is 0.650. The molecule has 0 radical (unpaired) electrons. The number of rotatable bonds is 3. The predicted octanol–water partition coefficient (Wildman–Crippen LogP) is 3.56. The highest BCUT2D eigenvalue weighted by atomic mass is 32.1. The molecule has 1 atom stereocenters. The van der Waals surface area contributed by atoms with Crippen molar-refractivity contribution in [1.82, 2.24) is 20.1 Å². The molecule has 0 unspecified atom stereocenters. The number of hydrogen-bond acceptors (Lipinski definition) is 8. The van der Waals surface area contributed by atoms with Gasteiger partial charge in [-0.05, 0) is 44.9 Å². The normalized spacial score (nSPS) is 18.3. The summed E-state index contributed by atoms with van der Waals surface area (Å²) in [6.45, 7) is 5.32. The van der Waals surface area contributed by atoms with Crippen LogP contribution >= 0.6 is 11.3 Å². The lowest BCUT2D eigenvalue weighted by Crippen LogP contribution is -2.39. The van der Waals surface area contributed by atoms with Gasteiger partial charge in [-0.15, -0.1) is 21.5 Å². The number of carbonyl (C=O) groups excluding carboxylic acids is 1. The highest BCUT2D eigenvalue weighted by Crippen LogP contribution is 2.36. The van der Waals surface area contributed by atoms with E-state index in [-0.39, 0.29) is 18.6 Å². The fourth-order valence-electron chi connectivity index (χ4n) is 3.78. The molecule has 1 fully saturated rings. The Hall–Kier alpha value is -2.94. The van der Waals surface area contributed by atoms with Crippen molar-refractivity contribution in [3.8, 4) is 23.0 Å². The number of carbonyl (C=O) groups is 1. The number of ether oxygens (including phenoxy) is 2. The standard InChI is InChI=1S/C20H20N4O4S/c1-11-17(29-12(2)21-11)20(25)24-7-3-4-14(9-24)19-23-22-18(28-19)13-5-6-15-16(8-13)27-10-26-15/h5-6,8,14H,3-4,7,9-10H2,1-2H3/t14-/m0/s1. The van der Waals surface area contributed by atoms with Crippen LogP contribution in [0.15, 0.2) is 22.6 Å². The van der Waals surface area contributed by atoms with Gasteiger partial charge in [0.1, 0.15) is 4.88 Å². The number of nitrogens with zero attached hydrogens (tertiary/aromatic N) is 4. The van der Waals surface area contributed by atoms with E-state index in [1.54, 1.807) is 0 Å². The van der Waals surface area contributed by atoms with Gasteiger partial charge in [0.25, 0.3) is 5.91 Å². The van der Waals surface area contributed by atoms with Crippen molar-refractivity contribution in [2.24, 2.45) is 0 Å². The minimum atomic E-state index is 0.0253. The Morgan fingerprint density at radius 2 is 2.07 bits per heavy atom. The van der Waals surface area contributed by atoms with Gasteiger partial charge in [-0.3, -0.25) is 4.79 Å². The lowest BCUT2D eigenvalue weighted by molar-refractivity contribution is 0.0702. The maximum Gasteiger partial charge on any atom is 0.265 e. The molecule has 4 heterocycles. The second-order valence-electron chi connectivity index (χ2n) is 7.25. The van der Waals surface area contributed by atoms with Gasteiger partial charge in [0.05, 0.1) is 16.6 Å². The summed E-state index contributed by atoms with van der Waals surface area (Å²) < 4.78 is 16.7. The molecule has 0 spiro atoms. The van der Waals surface area contributed by atoms with Gasteiger partial charge in [0.15, 0.2) is 11.5 Å². The third-order valence-electron chi connectivity index (χ3n) is 5.22. The van der Waals surface area contributed by atoms with Crippen molar-refractivity contribution < 1.29 is 18.7 Å². The van der Waals surface area contributed by atoms with Crippen molar-refractivity contribution in [2.75, 3.05) is 19.9 Å². The number of thiazole rings is 1. The first kappa shape index (κ1) is 18.1. The number of likely N-dealkylation sites (tertiary alicyclic amines) is 1. The highest BCUT2D eigenvalue weighted by molar-refractivity contribution is 7.13. The Bertz CT molecular complexity index is 1080. The molecule has 1 aromatic carbocycles. The van der Waals surface area contributed by atoms with Gasteiger partial charge in [-0.2, -0.15) is 0 Å². The SMILES string of the molecule is Cc1nc(C)c(C(=O)N2CCC[C@H](c3nnc(-c4ccc5c(c4)OCO5)o3)C2)s1. The summed E-state index contributed by atoms with van der Waals surface area (Å²) in [6, 6.07) is 5.55. The number of fused-ring (bicyclic) bond motifs is 1. The van der Waals surface area contributed by atoms with Crippen molar-refractivity contribution in [3.63, 3.8) is 0 Å². The molecule has 1 amide bonds. The molecular weight excluding hydrogens is 392 g/mol. The lowest BCUT2D eigenvalue weighted by Gasteiger charge is -2.30. The average Bonchev–Trinajstić information content (AvgIpc) is 3.46. The molecule has 0 N–H and O–H groups in total. The molecule has 5 rings (SSSR count). The minimum absolute atomic E-state index is 0.0253. The molecule has 0 bridgehead atoms. The van der Waals surface area contributed by atoms with E-state index in [0.29, 0.717) is 29.8 Å². The summed E-state index contributed by atoms with van der Waals surface area (Å²) in [5.74, 6) is 2.45. The van der Waals surface area contributed by atoms with Crippen LogP contribution < -0.4 is 9.47 Å². The van der Waals surface area contributed by atoms with Gasteiger partial charge in [-0.25, -0.2) is 4.98 Å². The number of hydrogen-bond donors (Lipinski definition) is 0. The van der Waals surface area contributed by atoms with Crippen LogP contribution in [0, 0.1) is 13.8 Å². The average molecular weight is 412 g/mol. The van der Waals surface area contributed by atoms with E-state index in [9.17, 15) is 4.79 Å². The molecule has 3 aromatic rings. The van der Waals surface area contributed by atoms with Crippen molar-refractivity contribution >= 4 is 17.2 Å². The number of aryl methyl sites for hydroxylation is 2. The van der Waals surface area contributed by atoms with Crippen LogP contribution in [0.2, 0.25) is 0 Å². The Balaban J connectivity index is 1.34. The second kappa shape index (κ2) is 7.14. The van der Waals surface area contributed by atoms with Crippen LogP contribution in [0.1, 0.15) is 45.0 Å². The summed E-state index contributed by atoms with van der Waals surface area (Å²) in [5, 5.41) is 9.38. The van der Waals surface area contributed by atoms with Crippen molar-refractivity contribution in [2.45, 2.75) is 32.6 Å². The zero-order valence-corrected chi connectivity index (χ0v) is 17.0. The van der Waals surface area contributed by atoms with Crippen LogP contribution in [-0.4, -0.2) is 45.9 Å². The fourth-order valence-corrected chi connectivity index (χ4v) is 4.67. The molecule has 29 heavy (non-hydrogen) atoms. The van der Waals surface area contributed by atoms with E-state index in [2.05, 4.69) is 15.2 Å². The van der Waals surface area contributed by atoms with E-state index in [0.717, 1.165) is 40.5 Å². The highest BCUT2D eigenvalue weighted by Gasteiger charge is 2.30. The summed E-state index contributed by atoms with van der Waals surface area (Å²) in [6.07, 6.45) is 1.81. The summed E-state index contributed by atoms with van der Waals surface area (Å²) in [4.78, 5) is 19.9. The number of piperidine rings is 1. The maximum atomic E-state index is 12.9. The van der Waals surface area contributed by atoms with Gasteiger partial charge in [0, 0.05) is 18.7 Å². The van der Waals surface area contributed by atoms with Crippen LogP contribution in [0.25, 0.3) is 11.5 Å². The molecule has 1 saturated heterocycles. The Kier molecular flexibility index (Phi) is 4.46. The Morgan fingerprint density at radius 1 is 1.21 bits per heavy atom. The van der Waals surface area contributed by atoms with Crippen molar-refractivity contribution in [3.05, 3.63) is 39.7 Å². The summed E-state index contributed by atoms with van der Waals surface area (Å²) >= 11 is 1.45. The van der Waals surface area contributed by atoms with Crippen LogP contribution in [0.3, 0.4) is 0 Å². The fraction of sp³-hybridized carbons (Fsp3) is 0.400. The minimum Gasteiger partial charge on any atom is -0.454 e. The number of amides is 1.